The highest BCUT2D eigenvalue weighted by molar-refractivity contribution is 7.00. The zero-order valence-electron chi connectivity index (χ0n) is 92.8. The zero-order valence-corrected chi connectivity index (χ0v) is 79.8. The van der Waals surface area contributed by atoms with E-state index in [4.69, 9.17) is 5.48 Å². The summed E-state index contributed by atoms with van der Waals surface area (Å²) in [5.74, 6) is 0. The summed E-state index contributed by atoms with van der Waals surface area (Å²) in [6.45, 7) is 35.5. The largest absolute Gasteiger partial charge is 0.342 e. The Morgan fingerprint density at radius 1 is 0.281 bits per heavy atom. The first-order chi connectivity index (χ1) is 70.4. The van der Waals surface area contributed by atoms with E-state index in [2.05, 4.69) is 396 Å². The molecule has 20 aromatic rings. The van der Waals surface area contributed by atoms with Gasteiger partial charge in [0, 0.05) is 127 Å². The van der Waals surface area contributed by atoms with Gasteiger partial charge in [-0.25, -0.2) is 0 Å². The lowest BCUT2D eigenvalue weighted by atomic mass is 9.33. The third kappa shape index (κ3) is 15.9. The second-order valence-electron chi connectivity index (χ2n) is 42.4. The number of hydrogen-bond donors (Lipinski definition) is 0. The molecule has 0 radical (unpaired) electrons. The highest BCUT2D eigenvalue weighted by Gasteiger charge is 2.44. The lowest BCUT2D eigenvalue weighted by Crippen LogP contribution is -2.62. The van der Waals surface area contributed by atoms with Gasteiger partial charge in [0.15, 0.2) is 0 Å². The van der Waals surface area contributed by atoms with Gasteiger partial charge in [-0.1, -0.05) is 352 Å². The van der Waals surface area contributed by atoms with Gasteiger partial charge in [-0.15, -0.1) is 0 Å². The van der Waals surface area contributed by atoms with E-state index in [1.807, 2.05) is 0 Å². The second-order valence-corrected chi connectivity index (χ2v) is 42.4. The van der Waals surface area contributed by atoms with Crippen LogP contribution >= 0.6 is 0 Å². The van der Waals surface area contributed by atoms with Crippen molar-refractivity contribution < 1.29 is 17.8 Å². The first kappa shape index (κ1) is 72.2. The van der Waals surface area contributed by atoms with Crippen molar-refractivity contribution in [1.29, 1.82) is 0 Å². The average molecular weight is 1770 g/mol. The maximum absolute atomic E-state index is 10.2. The van der Waals surface area contributed by atoms with Gasteiger partial charge in [0.1, 0.15) is 0 Å². The van der Waals surface area contributed by atoms with Crippen LogP contribution in [0.25, 0.3) is 116 Å². The predicted molar refractivity (Wildman–Crippen MR) is 579 cm³/mol. The Bertz CT molecular complexity index is 8470. The fourth-order valence-corrected chi connectivity index (χ4v) is 21.0. The molecular weight excluding hydrogens is 1630 g/mol. The van der Waals surface area contributed by atoms with Gasteiger partial charge in [-0.2, -0.15) is 0 Å². The normalized spacial score (nSPS) is 14.3. The lowest BCUT2D eigenvalue weighted by molar-refractivity contribution is 0.590. The number of fused-ring (bicyclic) bond motifs is 13. The number of rotatable bonds is 18. The quantitative estimate of drug-likeness (QED) is 0.0801. The lowest BCUT2D eigenvalue weighted by Gasteiger charge is -2.45. The topological polar surface area (TPSA) is 24.5 Å². The summed E-state index contributed by atoms with van der Waals surface area (Å²) < 4.78 is 129. The molecule has 0 unspecified atom stereocenters. The van der Waals surface area contributed by atoms with Crippen LogP contribution in [0.3, 0.4) is 0 Å². The van der Waals surface area contributed by atoms with Gasteiger partial charge in [0.25, 0.3) is 6.71 Å². The zero-order chi connectivity index (χ0) is 104. The minimum Gasteiger partial charge on any atom is -0.342 e. The van der Waals surface area contributed by atoms with Gasteiger partial charge in [-0.3, -0.25) is 0 Å². The first-order valence-corrected chi connectivity index (χ1v) is 47.6. The van der Waals surface area contributed by atoms with Crippen molar-refractivity contribution >= 4 is 123 Å². The molecule has 0 atom stereocenters. The molecule has 2 aliphatic rings. The Labute approximate surface area is 815 Å². The standard InChI is InChI=1S/C128H119BN6/c1-124(2,3)94-51-61-113-106(74-94)107-75-95(125(4,5)6)52-62-114(107)132(113)80-85-49-59-111-119(69-85)130(66-65-84-67-92(88-35-21-16-22-36-88)73-93(68-84)89-37-23-17-24-38-89)121-71-87(82-131(99-43-29-20-30-44-99)100-55-57-101(58-56-100)135-117-47-33-31-45-102(117)103-46-32-34-48-118(103)135)72-122-123(121)129(111)112-60-50-86(81-133-115-63-53-96(126(7,8)9)76-108(115)109-77-97(127(10,11)12)54-64-116(109)133)70-120(112)134(122)83-110-104(90-39-25-18-26-40-90)78-98(128(13,14)15)79-105(110)91-41-27-19-28-42-91/h16-64,67-79H,65-66,80-83H2,1-15H3/i20D,29D,30D,31D,32D,33D,34D,43D,44D,45D,46D,47D,48D. The molecular formula is C128H119BN6. The van der Waals surface area contributed by atoms with Crippen LogP contribution in [0.4, 0.5) is 34.1 Å². The van der Waals surface area contributed by atoms with Crippen LogP contribution in [-0.2, 0) is 59.7 Å². The highest BCUT2D eigenvalue weighted by atomic mass is 15.2. The van der Waals surface area contributed by atoms with Crippen LogP contribution in [0, 0.1) is 0 Å². The molecule has 0 spiro atoms. The molecule has 5 heterocycles. The van der Waals surface area contributed by atoms with Crippen LogP contribution in [0.15, 0.2) is 376 Å². The van der Waals surface area contributed by atoms with Gasteiger partial charge < -0.3 is 28.4 Å². The number of anilines is 6. The summed E-state index contributed by atoms with van der Waals surface area (Å²) in [4.78, 5) is 6.92. The van der Waals surface area contributed by atoms with E-state index in [1.54, 1.807) is 29.2 Å². The molecule has 0 N–H and O–H groups in total. The molecule has 135 heavy (non-hydrogen) atoms. The van der Waals surface area contributed by atoms with Gasteiger partial charge in [-0.05, 0) is 277 Å². The first-order valence-electron chi connectivity index (χ1n) is 54.1. The smallest absolute Gasteiger partial charge is 0.252 e. The molecule has 0 amide bonds. The van der Waals surface area contributed by atoms with Crippen molar-refractivity contribution in [2.45, 2.75) is 164 Å². The van der Waals surface area contributed by atoms with Crippen LogP contribution < -0.4 is 31.1 Å². The molecule has 0 aliphatic carbocycles. The predicted octanol–water partition coefficient (Wildman–Crippen LogP) is 31.5. The Morgan fingerprint density at radius 2 is 0.667 bits per heavy atom. The van der Waals surface area contributed by atoms with Crippen molar-refractivity contribution in [2.75, 3.05) is 21.2 Å². The third-order valence-electron chi connectivity index (χ3n) is 28.3. The molecule has 17 aromatic carbocycles. The van der Waals surface area contributed by atoms with Gasteiger partial charge in [0.2, 0.25) is 0 Å². The van der Waals surface area contributed by atoms with E-state index in [-0.39, 0.29) is 66.8 Å². The Balaban J connectivity index is 0.838. The van der Waals surface area contributed by atoms with E-state index < -0.39 is 85.3 Å². The summed E-state index contributed by atoms with van der Waals surface area (Å²) in [6.07, 6.45) is 0.554. The van der Waals surface area contributed by atoms with Crippen LogP contribution in [-0.4, -0.2) is 27.0 Å². The van der Waals surface area contributed by atoms with E-state index in [1.165, 1.54) is 53.9 Å². The number of benzene rings is 17. The van der Waals surface area contributed by atoms with E-state index >= 15 is 0 Å². The summed E-state index contributed by atoms with van der Waals surface area (Å²) in [5, 5.41) is 4.63. The van der Waals surface area contributed by atoms with Crippen LogP contribution in [0.1, 0.15) is 177 Å². The Kier molecular flexibility index (Phi) is 17.8. The van der Waals surface area contributed by atoms with Crippen molar-refractivity contribution in [2.24, 2.45) is 0 Å². The van der Waals surface area contributed by atoms with Crippen molar-refractivity contribution in [3.63, 3.8) is 0 Å². The molecule has 0 fully saturated rings. The van der Waals surface area contributed by atoms with E-state index in [0.717, 1.165) is 128 Å². The van der Waals surface area contributed by atoms with Crippen molar-refractivity contribution in [3.8, 4) is 50.2 Å². The van der Waals surface area contributed by atoms with E-state index in [9.17, 15) is 12.3 Å². The summed E-state index contributed by atoms with van der Waals surface area (Å²) >= 11 is 0. The van der Waals surface area contributed by atoms with E-state index in [0.29, 0.717) is 43.9 Å². The second kappa shape index (κ2) is 33.4. The molecule has 7 heteroatoms. The van der Waals surface area contributed by atoms with Gasteiger partial charge >= 0.3 is 0 Å². The molecule has 0 saturated heterocycles. The molecule has 0 saturated carbocycles. The number of aromatic nitrogens is 3. The maximum Gasteiger partial charge on any atom is 0.252 e. The number of hydrogen-bond acceptors (Lipinski definition) is 3. The fourth-order valence-electron chi connectivity index (χ4n) is 21.0. The number of nitrogens with zero attached hydrogens (tertiary/aromatic N) is 6. The summed E-state index contributed by atoms with van der Waals surface area (Å²) in [7, 11) is 0. The average Bonchev–Trinajstić information content (AvgIpc) is 0.821. The van der Waals surface area contributed by atoms with Gasteiger partial charge in [0.05, 0.1) is 28.9 Å². The molecule has 6 nitrogen and oxygen atoms in total. The molecule has 664 valence electrons. The van der Waals surface area contributed by atoms with Crippen LogP contribution in [0.5, 0.6) is 0 Å². The van der Waals surface area contributed by atoms with Crippen LogP contribution in [0.2, 0.25) is 0 Å². The Morgan fingerprint density at radius 3 is 1.09 bits per heavy atom. The summed E-state index contributed by atoms with van der Waals surface area (Å²) in [6, 6.07) is 102. The van der Waals surface area contributed by atoms with Crippen molar-refractivity contribution in [1.82, 2.24) is 13.7 Å². The Hall–Kier alpha value is -14.4. The molecule has 3 aromatic heterocycles. The minimum atomic E-state index is -0.573. The summed E-state index contributed by atoms with van der Waals surface area (Å²) in [5.41, 5.74) is 31.0. The SMILES string of the molecule is [2H]c1c([2H])c([2H])c(N(Cc2cc3c4c(c2)N(Cc2c(-c5ccccc5)cc(C(C)(C)C)cc2-c2ccccc2)c2cc(Cn5c6ccc(C(C)(C)C)cc6c6cc(C(C)(C)C)ccc65)ccc2B4c2ccc(Cn4c5ccc(C(C)(C)C)cc5c5cc(C(C)(C)C)ccc54)cc2N3CCc2cc(-c3ccccc3)cc(-c3ccccc3)c2)c2ccc(-n3c4c([2H])c([2H])c([2H])c([2H])c4c4c([2H])c([2H])c([2H])c([2H])c43)cc2)c([2H])c1[2H]. The maximum atomic E-state index is 10.2. The number of para-hydroxylation sites is 3. The third-order valence-corrected chi connectivity index (χ3v) is 28.3. The fraction of sp³-hybridized carbons (Fsp3) is 0.203. The highest BCUT2D eigenvalue weighted by Crippen LogP contribution is 2.48. The van der Waals surface area contributed by atoms with Crippen molar-refractivity contribution in [3.05, 3.63) is 431 Å². The minimum absolute atomic E-state index is 0.0641. The monoisotopic (exact) mass is 1760 g/mol. The molecule has 22 rings (SSSR count). The molecule has 0 bridgehead atoms. The molecule has 2 aliphatic heterocycles.